The van der Waals surface area contributed by atoms with Crippen LogP contribution in [0.3, 0.4) is 0 Å². The topological polar surface area (TPSA) is 72.2 Å². The van der Waals surface area contributed by atoms with Gasteiger partial charge in [0.1, 0.15) is 0 Å². The molecule has 1 heterocycles. The molecule has 1 aromatic heterocycles. The molecule has 0 radical (unpaired) electrons. The minimum absolute atomic E-state index is 0.0405. The highest BCUT2D eigenvalue weighted by Gasteiger charge is 2.37. The van der Waals surface area contributed by atoms with E-state index in [0.717, 1.165) is 5.56 Å². The zero-order valence-electron chi connectivity index (χ0n) is 12.7. The average molecular weight is 383 g/mol. The number of amides is 1. The number of oxazole rings is 1. The Morgan fingerprint density at radius 1 is 1.39 bits per heavy atom. The van der Waals surface area contributed by atoms with Gasteiger partial charge in [0, 0.05) is 5.56 Å². The van der Waals surface area contributed by atoms with Gasteiger partial charge < -0.3 is 9.73 Å². The zero-order chi connectivity index (χ0) is 17.0. The second kappa shape index (κ2) is 7.04. The molecule has 0 spiro atoms. The van der Waals surface area contributed by atoms with Crippen molar-refractivity contribution in [1.82, 2.24) is 10.3 Å². The zero-order valence-corrected chi connectivity index (χ0v) is 14.3. The molecular formula is C16H16BrFN2O3. The summed E-state index contributed by atoms with van der Waals surface area (Å²) < 4.78 is 18.7. The number of aromatic nitrogens is 1. The van der Waals surface area contributed by atoms with E-state index in [1.165, 1.54) is 13.1 Å². The SMILES string of the molecule is CCC(C)(NC(=O)c1cnc(-c2ccccc2)o1)C(=O)C(F)Br. The van der Waals surface area contributed by atoms with Crippen LogP contribution in [-0.2, 0) is 4.79 Å². The van der Waals surface area contributed by atoms with E-state index in [2.05, 4.69) is 26.2 Å². The Balaban J connectivity index is 2.18. The highest BCUT2D eigenvalue weighted by molar-refractivity contribution is 9.09. The van der Waals surface area contributed by atoms with E-state index in [-0.39, 0.29) is 12.2 Å². The fourth-order valence-corrected chi connectivity index (χ4v) is 2.48. The second-order valence-corrected chi connectivity index (χ2v) is 6.00. The number of nitrogens with zero attached hydrogens (tertiary/aromatic N) is 1. The summed E-state index contributed by atoms with van der Waals surface area (Å²) in [6, 6.07) is 9.09. The van der Waals surface area contributed by atoms with Gasteiger partial charge in [0.05, 0.1) is 11.7 Å². The van der Waals surface area contributed by atoms with Gasteiger partial charge in [-0.25, -0.2) is 9.37 Å². The van der Waals surface area contributed by atoms with Crippen molar-refractivity contribution in [3.8, 4) is 11.5 Å². The predicted molar refractivity (Wildman–Crippen MR) is 86.9 cm³/mol. The number of carbonyl (C=O) groups is 2. The van der Waals surface area contributed by atoms with Gasteiger partial charge >= 0.3 is 0 Å². The van der Waals surface area contributed by atoms with E-state index in [4.69, 9.17) is 4.42 Å². The minimum Gasteiger partial charge on any atom is -0.431 e. The van der Waals surface area contributed by atoms with Gasteiger partial charge in [-0.1, -0.05) is 25.1 Å². The number of nitrogens with one attached hydrogen (secondary N) is 1. The molecule has 0 bridgehead atoms. The third kappa shape index (κ3) is 3.85. The summed E-state index contributed by atoms with van der Waals surface area (Å²) in [5, 5.41) is 0.668. The molecule has 23 heavy (non-hydrogen) atoms. The van der Waals surface area contributed by atoms with Crippen LogP contribution in [0.25, 0.3) is 11.5 Å². The molecule has 1 amide bonds. The van der Waals surface area contributed by atoms with Gasteiger partial charge in [-0.3, -0.25) is 9.59 Å². The molecule has 2 rings (SSSR count). The van der Waals surface area contributed by atoms with E-state index in [0.29, 0.717) is 5.89 Å². The van der Waals surface area contributed by atoms with E-state index in [9.17, 15) is 14.0 Å². The molecule has 2 unspecified atom stereocenters. The molecule has 0 fully saturated rings. The molecule has 7 heteroatoms. The summed E-state index contributed by atoms with van der Waals surface area (Å²) in [4.78, 5) is 28.2. The Bertz CT molecular complexity index is 702. The molecule has 0 aliphatic rings. The van der Waals surface area contributed by atoms with Gasteiger partial charge in [-0.2, -0.15) is 0 Å². The molecule has 1 aromatic carbocycles. The average Bonchev–Trinajstić information content (AvgIpc) is 3.04. The molecule has 2 atom stereocenters. The van der Waals surface area contributed by atoms with Crippen LogP contribution in [0.1, 0.15) is 30.8 Å². The molecule has 0 saturated heterocycles. The van der Waals surface area contributed by atoms with Crippen molar-refractivity contribution in [1.29, 1.82) is 0 Å². The molecule has 0 aliphatic carbocycles. The van der Waals surface area contributed by atoms with Gasteiger partial charge in [-0.05, 0) is 41.4 Å². The summed E-state index contributed by atoms with van der Waals surface area (Å²) in [6.45, 7) is 3.15. The minimum atomic E-state index is -1.85. The Morgan fingerprint density at radius 2 is 2.04 bits per heavy atom. The van der Waals surface area contributed by atoms with Gasteiger partial charge in [0.2, 0.25) is 22.5 Å². The Hall–Kier alpha value is -2.02. The smallest absolute Gasteiger partial charge is 0.289 e. The van der Waals surface area contributed by atoms with Crippen molar-refractivity contribution in [2.45, 2.75) is 30.9 Å². The summed E-state index contributed by atoms with van der Waals surface area (Å²) in [5.74, 6) is -1.12. The maximum Gasteiger partial charge on any atom is 0.289 e. The van der Waals surface area contributed by atoms with E-state index >= 15 is 0 Å². The van der Waals surface area contributed by atoms with Crippen LogP contribution >= 0.6 is 15.9 Å². The van der Waals surface area contributed by atoms with E-state index in [1.807, 2.05) is 18.2 Å². The van der Waals surface area contributed by atoms with Crippen LogP contribution in [0.4, 0.5) is 4.39 Å². The van der Waals surface area contributed by atoms with Crippen LogP contribution < -0.4 is 5.32 Å². The predicted octanol–water partition coefficient (Wildman–Crippen LogP) is 3.50. The third-order valence-electron chi connectivity index (χ3n) is 3.59. The van der Waals surface area contributed by atoms with Crippen molar-refractivity contribution < 1.29 is 18.4 Å². The number of ketones is 1. The fourth-order valence-electron chi connectivity index (χ4n) is 1.97. The Kier molecular flexibility index (Phi) is 5.30. The maximum atomic E-state index is 13.2. The largest absolute Gasteiger partial charge is 0.431 e. The molecular weight excluding hydrogens is 367 g/mol. The van der Waals surface area contributed by atoms with Crippen LogP contribution in [0, 0.1) is 0 Å². The van der Waals surface area contributed by atoms with Gasteiger partial charge in [-0.15, -0.1) is 0 Å². The van der Waals surface area contributed by atoms with Crippen molar-refractivity contribution in [2.75, 3.05) is 0 Å². The number of carbonyl (C=O) groups excluding carboxylic acids is 2. The monoisotopic (exact) mass is 382 g/mol. The lowest BCUT2D eigenvalue weighted by Gasteiger charge is -2.27. The summed E-state index contributed by atoms with van der Waals surface area (Å²) in [5.41, 5.74) is -0.607. The van der Waals surface area contributed by atoms with Gasteiger partial charge in [0.25, 0.3) is 5.91 Å². The molecule has 5 nitrogen and oxygen atoms in total. The quantitative estimate of drug-likeness (QED) is 0.775. The number of halogens is 2. The molecule has 122 valence electrons. The van der Waals surface area contributed by atoms with Crippen molar-refractivity contribution in [2.24, 2.45) is 0 Å². The number of hydrogen-bond acceptors (Lipinski definition) is 4. The van der Waals surface area contributed by atoms with E-state index in [1.54, 1.807) is 19.1 Å². The summed E-state index contributed by atoms with van der Waals surface area (Å²) in [6.07, 6.45) is 1.52. The standard InChI is InChI=1S/C16H16BrFN2O3/c1-3-16(2,12(21)13(17)18)20-14(22)11-9-19-15(23-11)10-7-5-4-6-8-10/h4-9,13H,3H2,1-2H3,(H,20,22). The van der Waals surface area contributed by atoms with Crippen LogP contribution in [0.5, 0.6) is 0 Å². The molecule has 0 aliphatic heterocycles. The van der Waals surface area contributed by atoms with Crippen molar-refractivity contribution >= 4 is 27.6 Å². The van der Waals surface area contributed by atoms with Gasteiger partial charge in [0.15, 0.2) is 0 Å². The number of Topliss-reactive ketones (excluding diaryl/α,β-unsaturated/α-hetero) is 1. The first-order valence-electron chi connectivity index (χ1n) is 7.03. The molecule has 1 N–H and O–H groups in total. The Labute approximate surface area is 141 Å². The first-order valence-corrected chi connectivity index (χ1v) is 7.95. The number of hydrogen-bond donors (Lipinski definition) is 1. The fraction of sp³-hybridized carbons (Fsp3) is 0.312. The highest BCUT2D eigenvalue weighted by atomic mass is 79.9. The number of benzene rings is 1. The van der Waals surface area contributed by atoms with E-state index < -0.39 is 22.3 Å². The Morgan fingerprint density at radius 3 is 2.61 bits per heavy atom. The van der Waals surface area contributed by atoms with Crippen LogP contribution in [0.15, 0.2) is 40.9 Å². The lowest BCUT2D eigenvalue weighted by Crippen LogP contribution is -2.53. The maximum absolute atomic E-state index is 13.2. The lowest BCUT2D eigenvalue weighted by atomic mass is 9.93. The summed E-state index contributed by atoms with van der Waals surface area (Å²) >= 11 is 2.59. The normalized spacial score (nSPS) is 14.8. The lowest BCUT2D eigenvalue weighted by molar-refractivity contribution is -0.126. The second-order valence-electron chi connectivity index (χ2n) is 5.20. The highest BCUT2D eigenvalue weighted by Crippen LogP contribution is 2.21. The summed E-state index contributed by atoms with van der Waals surface area (Å²) in [7, 11) is 0. The first kappa shape index (κ1) is 17.3. The number of alkyl halides is 2. The van der Waals surface area contributed by atoms with Crippen molar-refractivity contribution in [3.63, 3.8) is 0 Å². The number of rotatable bonds is 6. The first-order chi connectivity index (χ1) is 10.9. The van der Waals surface area contributed by atoms with Crippen molar-refractivity contribution in [3.05, 3.63) is 42.3 Å². The molecule has 0 saturated carbocycles. The third-order valence-corrected chi connectivity index (χ3v) is 4.00. The van der Waals surface area contributed by atoms with Crippen LogP contribution in [0.2, 0.25) is 0 Å². The van der Waals surface area contributed by atoms with Crippen LogP contribution in [-0.4, -0.2) is 27.3 Å². The molecule has 2 aromatic rings.